The van der Waals surface area contributed by atoms with Gasteiger partial charge in [-0.05, 0) is 49.9 Å². The van der Waals surface area contributed by atoms with E-state index in [0.717, 1.165) is 6.54 Å². The maximum atomic E-state index is 3.68. The molecule has 106 valence electrons. The third kappa shape index (κ3) is 3.73. The molecule has 1 heterocycles. The molecule has 0 aliphatic carbocycles. The van der Waals surface area contributed by atoms with Crippen LogP contribution in [0.5, 0.6) is 0 Å². The Morgan fingerprint density at radius 1 is 1.26 bits per heavy atom. The van der Waals surface area contributed by atoms with Gasteiger partial charge in [0, 0.05) is 35.3 Å². The lowest BCUT2D eigenvalue weighted by Crippen LogP contribution is -2.48. The molecule has 0 amide bonds. The Kier molecular flexibility index (Phi) is 4.91. The van der Waals surface area contributed by atoms with E-state index in [2.05, 4.69) is 66.0 Å². The van der Waals surface area contributed by atoms with Crippen LogP contribution in [0.2, 0.25) is 0 Å². The molecule has 1 fully saturated rings. The number of anilines is 1. The molecule has 2 nitrogen and oxygen atoms in total. The fourth-order valence-corrected chi connectivity index (χ4v) is 3.88. The van der Waals surface area contributed by atoms with Crippen molar-refractivity contribution in [2.75, 3.05) is 18.0 Å². The van der Waals surface area contributed by atoms with Crippen LogP contribution >= 0.6 is 15.9 Å². The summed E-state index contributed by atoms with van der Waals surface area (Å²) < 4.78 is 1.18. The minimum Gasteiger partial charge on any atom is -0.370 e. The van der Waals surface area contributed by atoms with Gasteiger partial charge < -0.3 is 10.2 Å². The summed E-state index contributed by atoms with van der Waals surface area (Å²) in [6.07, 6.45) is 2.57. The molecule has 1 atom stereocenters. The number of benzene rings is 1. The van der Waals surface area contributed by atoms with Gasteiger partial charge in [0.25, 0.3) is 0 Å². The van der Waals surface area contributed by atoms with Gasteiger partial charge in [0.2, 0.25) is 0 Å². The summed E-state index contributed by atoms with van der Waals surface area (Å²) in [6, 6.07) is 5.64. The smallest absolute Gasteiger partial charge is 0.0426 e. The molecule has 2 rings (SSSR count). The highest BCUT2D eigenvalue weighted by Crippen LogP contribution is 2.30. The van der Waals surface area contributed by atoms with Gasteiger partial charge in [-0.15, -0.1) is 0 Å². The largest absolute Gasteiger partial charge is 0.370 e. The summed E-state index contributed by atoms with van der Waals surface area (Å²) in [5, 5.41) is 3.68. The Labute approximate surface area is 125 Å². The van der Waals surface area contributed by atoms with E-state index in [1.165, 1.54) is 40.7 Å². The third-order valence-electron chi connectivity index (χ3n) is 3.76. The Balaban J connectivity index is 2.17. The van der Waals surface area contributed by atoms with Gasteiger partial charge >= 0.3 is 0 Å². The second-order valence-corrected chi connectivity index (χ2v) is 6.91. The molecule has 0 bridgehead atoms. The van der Waals surface area contributed by atoms with Crippen LogP contribution in [0.4, 0.5) is 5.69 Å². The van der Waals surface area contributed by atoms with Gasteiger partial charge in [-0.25, -0.2) is 0 Å². The van der Waals surface area contributed by atoms with Crippen molar-refractivity contribution >= 4 is 21.6 Å². The van der Waals surface area contributed by atoms with Crippen molar-refractivity contribution in [3.05, 3.63) is 27.7 Å². The number of nitrogens with one attached hydrogen (secondary N) is 1. The highest BCUT2D eigenvalue weighted by molar-refractivity contribution is 9.10. The lowest BCUT2D eigenvalue weighted by atomic mass is 10.0. The molecule has 1 aliphatic rings. The molecule has 1 unspecified atom stereocenters. The number of hydrogen-bond acceptors (Lipinski definition) is 2. The normalized spacial score (nSPS) is 20.1. The topological polar surface area (TPSA) is 15.3 Å². The first-order valence-electron chi connectivity index (χ1n) is 7.25. The van der Waals surface area contributed by atoms with Crippen molar-refractivity contribution in [3.8, 4) is 0 Å². The molecule has 0 spiro atoms. The minimum absolute atomic E-state index is 0.567. The zero-order valence-electron chi connectivity index (χ0n) is 12.5. The molecule has 1 N–H and O–H groups in total. The number of hydrogen-bond donors (Lipinski definition) is 1. The molecule has 1 aromatic carbocycles. The van der Waals surface area contributed by atoms with E-state index in [4.69, 9.17) is 0 Å². The molecule has 0 radical (unpaired) electrons. The zero-order chi connectivity index (χ0) is 14.0. The van der Waals surface area contributed by atoms with Gasteiger partial charge in [-0.1, -0.05) is 29.8 Å². The van der Waals surface area contributed by atoms with Crippen molar-refractivity contribution in [2.24, 2.45) is 0 Å². The number of piperidine rings is 1. The average Bonchev–Trinajstić information content (AvgIpc) is 2.26. The molecular weight excluding hydrogens is 300 g/mol. The molecule has 1 aromatic rings. The van der Waals surface area contributed by atoms with Crippen molar-refractivity contribution in [2.45, 2.75) is 52.6 Å². The lowest BCUT2D eigenvalue weighted by Gasteiger charge is -2.37. The Hall–Kier alpha value is -0.540. The zero-order valence-corrected chi connectivity index (χ0v) is 14.0. The van der Waals surface area contributed by atoms with Gasteiger partial charge in [-0.3, -0.25) is 0 Å². The second kappa shape index (κ2) is 6.27. The summed E-state index contributed by atoms with van der Waals surface area (Å²) in [7, 11) is 0. The van der Waals surface area contributed by atoms with Gasteiger partial charge in [0.15, 0.2) is 0 Å². The number of nitrogens with zero attached hydrogens (tertiary/aromatic N) is 1. The molecule has 0 aromatic heterocycles. The van der Waals surface area contributed by atoms with E-state index < -0.39 is 0 Å². The predicted octanol–water partition coefficient (Wildman–Crippen LogP) is 4.03. The Bertz CT molecular complexity index is 419. The predicted molar refractivity (Wildman–Crippen MR) is 87.1 cm³/mol. The first-order chi connectivity index (χ1) is 8.97. The Morgan fingerprint density at radius 3 is 2.47 bits per heavy atom. The van der Waals surface area contributed by atoms with Crippen LogP contribution in [-0.4, -0.2) is 25.2 Å². The van der Waals surface area contributed by atoms with Crippen LogP contribution in [0.25, 0.3) is 0 Å². The third-order valence-corrected chi connectivity index (χ3v) is 4.22. The van der Waals surface area contributed by atoms with Gasteiger partial charge in [-0.2, -0.15) is 0 Å². The van der Waals surface area contributed by atoms with E-state index in [-0.39, 0.29) is 0 Å². The van der Waals surface area contributed by atoms with Gasteiger partial charge in [0.05, 0.1) is 0 Å². The summed E-state index contributed by atoms with van der Waals surface area (Å²) >= 11 is 3.58. The molecule has 0 saturated carbocycles. The molecular formula is C16H25BrN2. The standard InChI is InChI=1S/C16H25BrN2/c1-11(2)18-15-6-5-7-19(10-15)16-12(3)8-14(17)9-13(16)4/h8-9,11,15,18H,5-7,10H2,1-4H3. The van der Waals surface area contributed by atoms with Crippen molar-refractivity contribution in [1.82, 2.24) is 5.32 Å². The number of aryl methyl sites for hydroxylation is 2. The van der Waals surface area contributed by atoms with E-state index in [0.29, 0.717) is 12.1 Å². The first-order valence-corrected chi connectivity index (χ1v) is 8.04. The van der Waals surface area contributed by atoms with Crippen LogP contribution in [0.3, 0.4) is 0 Å². The maximum absolute atomic E-state index is 3.68. The number of halogens is 1. The highest BCUT2D eigenvalue weighted by Gasteiger charge is 2.22. The quantitative estimate of drug-likeness (QED) is 0.902. The molecule has 1 saturated heterocycles. The van der Waals surface area contributed by atoms with Crippen molar-refractivity contribution < 1.29 is 0 Å². The Morgan fingerprint density at radius 2 is 1.89 bits per heavy atom. The van der Waals surface area contributed by atoms with Crippen LogP contribution in [-0.2, 0) is 0 Å². The van der Waals surface area contributed by atoms with Crippen LogP contribution in [0.1, 0.15) is 37.8 Å². The molecule has 19 heavy (non-hydrogen) atoms. The summed E-state index contributed by atoms with van der Waals surface area (Å²) in [5.74, 6) is 0. The van der Waals surface area contributed by atoms with Crippen LogP contribution < -0.4 is 10.2 Å². The van der Waals surface area contributed by atoms with E-state index in [1.807, 2.05) is 0 Å². The second-order valence-electron chi connectivity index (χ2n) is 5.99. The van der Waals surface area contributed by atoms with Crippen molar-refractivity contribution in [1.29, 1.82) is 0 Å². The monoisotopic (exact) mass is 324 g/mol. The van der Waals surface area contributed by atoms with Gasteiger partial charge in [0.1, 0.15) is 0 Å². The maximum Gasteiger partial charge on any atom is 0.0426 e. The lowest BCUT2D eigenvalue weighted by molar-refractivity contribution is 0.394. The molecule has 3 heteroatoms. The van der Waals surface area contributed by atoms with Crippen LogP contribution in [0, 0.1) is 13.8 Å². The summed E-state index contributed by atoms with van der Waals surface area (Å²) in [4.78, 5) is 2.56. The first kappa shape index (κ1) is 14.9. The van der Waals surface area contributed by atoms with Crippen LogP contribution in [0.15, 0.2) is 16.6 Å². The number of rotatable bonds is 3. The van der Waals surface area contributed by atoms with E-state index >= 15 is 0 Å². The minimum atomic E-state index is 0.567. The highest BCUT2D eigenvalue weighted by atomic mass is 79.9. The fourth-order valence-electron chi connectivity index (χ4n) is 3.19. The average molecular weight is 325 g/mol. The van der Waals surface area contributed by atoms with E-state index in [1.54, 1.807) is 0 Å². The van der Waals surface area contributed by atoms with E-state index in [9.17, 15) is 0 Å². The molecule has 1 aliphatic heterocycles. The fraction of sp³-hybridized carbons (Fsp3) is 0.625. The summed E-state index contributed by atoms with van der Waals surface area (Å²) in [5.41, 5.74) is 4.17. The summed E-state index contributed by atoms with van der Waals surface area (Å²) in [6.45, 7) is 11.2. The van der Waals surface area contributed by atoms with Crippen molar-refractivity contribution in [3.63, 3.8) is 0 Å². The SMILES string of the molecule is Cc1cc(Br)cc(C)c1N1CCCC(NC(C)C)C1.